The van der Waals surface area contributed by atoms with Crippen LogP contribution in [0.15, 0.2) is 65.4 Å². The molecule has 2 heterocycles. The molecule has 0 unspecified atom stereocenters. The molecule has 0 radical (unpaired) electrons. The highest BCUT2D eigenvalue weighted by Crippen LogP contribution is 2.27. The van der Waals surface area contributed by atoms with Crippen molar-refractivity contribution in [3.8, 4) is 16.9 Å². The number of benzene rings is 2. The Hall–Kier alpha value is -4.92. The number of carbonyl (C=O) groups is 3. The van der Waals surface area contributed by atoms with Gasteiger partial charge in [0.25, 0.3) is 0 Å². The zero-order valence-electron chi connectivity index (χ0n) is 24.5. The number of aromatic nitrogens is 3. The van der Waals surface area contributed by atoms with E-state index in [1.165, 1.54) is 5.56 Å². The standard InChI is InChI=1S/C22H21BrN4O.3C2HF3O2/c1-14-20-10-15(6-7-22(20)27-26-14)17-9-19(12-25-11-17)28-13-18(24)8-16-4-2-3-5-21(16)23;3*3-2(4,5)1(6)7/h2-7,9-12,18H,8,13,24H2,1H3,(H,26,27);3*(H,6,7)/t18-;;;/m0.../s1. The largest absolute Gasteiger partial charge is 0.490 e. The third-order valence-corrected chi connectivity index (χ3v) is 6.20. The average molecular weight is 779 g/mol. The topological polar surface area (TPSA) is 189 Å². The van der Waals surface area contributed by atoms with Crippen molar-refractivity contribution >= 4 is 44.7 Å². The van der Waals surface area contributed by atoms with E-state index in [0.717, 1.165) is 38.6 Å². The molecule has 2 aromatic heterocycles. The van der Waals surface area contributed by atoms with Crippen molar-refractivity contribution < 1.29 is 74.0 Å². The van der Waals surface area contributed by atoms with Crippen LogP contribution in [0.3, 0.4) is 0 Å². The first-order valence-corrected chi connectivity index (χ1v) is 13.6. The summed E-state index contributed by atoms with van der Waals surface area (Å²) in [6.45, 7) is 2.44. The van der Waals surface area contributed by atoms with Crippen molar-refractivity contribution in [2.45, 2.75) is 37.9 Å². The van der Waals surface area contributed by atoms with Crippen molar-refractivity contribution in [1.82, 2.24) is 15.2 Å². The number of pyridine rings is 1. The molecule has 0 aliphatic heterocycles. The number of aryl methyl sites for hydroxylation is 1. The number of hydrogen-bond donors (Lipinski definition) is 5. The maximum atomic E-state index is 10.6. The number of aliphatic carboxylic acids is 3. The fourth-order valence-corrected chi connectivity index (χ4v) is 3.63. The van der Waals surface area contributed by atoms with Crippen molar-refractivity contribution in [2.75, 3.05) is 6.61 Å². The summed E-state index contributed by atoms with van der Waals surface area (Å²) in [6, 6.07) is 16.2. The average Bonchev–Trinajstić information content (AvgIpc) is 3.36. The monoisotopic (exact) mass is 778 g/mol. The maximum absolute atomic E-state index is 10.6. The summed E-state index contributed by atoms with van der Waals surface area (Å²) >= 11 is 3.56. The van der Waals surface area contributed by atoms with Gasteiger partial charge in [-0.25, -0.2) is 14.4 Å². The molecule has 0 bridgehead atoms. The summed E-state index contributed by atoms with van der Waals surface area (Å²) in [6.07, 6.45) is -11.0. The van der Waals surface area contributed by atoms with E-state index in [2.05, 4.69) is 43.2 Å². The van der Waals surface area contributed by atoms with E-state index >= 15 is 0 Å². The van der Waals surface area contributed by atoms with E-state index in [1.807, 2.05) is 49.5 Å². The zero-order chi connectivity index (χ0) is 37.7. The quantitative estimate of drug-likeness (QED) is 0.134. The van der Waals surface area contributed by atoms with Crippen LogP contribution in [0.5, 0.6) is 5.75 Å². The number of H-pyrrole nitrogens is 1. The van der Waals surface area contributed by atoms with Crippen molar-refractivity contribution in [3.63, 3.8) is 0 Å². The van der Waals surface area contributed by atoms with Crippen LogP contribution in [0.25, 0.3) is 22.0 Å². The highest BCUT2D eigenvalue weighted by Gasteiger charge is 2.39. The van der Waals surface area contributed by atoms with Gasteiger partial charge in [0, 0.05) is 33.4 Å². The van der Waals surface area contributed by atoms with Gasteiger partial charge in [-0.1, -0.05) is 40.2 Å². The van der Waals surface area contributed by atoms with Crippen LogP contribution in [0, 0.1) is 6.92 Å². The molecule has 268 valence electrons. The van der Waals surface area contributed by atoms with E-state index in [4.69, 9.17) is 40.2 Å². The molecule has 11 nitrogen and oxygen atoms in total. The van der Waals surface area contributed by atoms with Gasteiger partial charge in [-0.05, 0) is 48.7 Å². The number of carboxylic acid groups (broad SMARTS) is 3. The third kappa shape index (κ3) is 15.2. The van der Waals surface area contributed by atoms with Crippen LogP contribution >= 0.6 is 15.9 Å². The van der Waals surface area contributed by atoms with Crippen LogP contribution in [-0.4, -0.2) is 79.6 Å². The van der Waals surface area contributed by atoms with E-state index in [1.54, 1.807) is 6.20 Å². The van der Waals surface area contributed by atoms with E-state index in [-0.39, 0.29) is 6.04 Å². The lowest BCUT2D eigenvalue weighted by Gasteiger charge is -2.14. The number of nitrogens with two attached hydrogens (primary N) is 1. The minimum absolute atomic E-state index is 0.104. The second-order valence-electron chi connectivity index (χ2n) is 9.27. The molecule has 0 aliphatic rings. The Morgan fingerprint density at radius 2 is 1.35 bits per heavy atom. The molecule has 6 N–H and O–H groups in total. The third-order valence-electron chi connectivity index (χ3n) is 5.42. The van der Waals surface area contributed by atoms with Gasteiger partial charge < -0.3 is 25.8 Å². The molecule has 1 atom stereocenters. The number of ether oxygens (including phenoxy) is 1. The Labute approximate surface area is 277 Å². The van der Waals surface area contributed by atoms with E-state index < -0.39 is 36.4 Å². The lowest BCUT2D eigenvalue weighted by Crippen LogP contribution is -2.30. The van der Waals surface area contributed by atoms with Crippen LogP contribution < -0.4 is 10.5 Å². The molecule has 2 aromatic carbocycles. The summed E-state index contributed by atoms with van der Waals surface area (Å²) < 4.78 is 102. The highest BCUT2D eigenvalue weighted by atomic mass is 79.9. The Morgan fingerprint density at radius 1 is 0.837 bits per heavy atom. The number of fused-ring (bicyclic) bond motifs is 1. The van der Waals surface area contributed by atoms with E-state index in [9.17, 15) is 39.5 Å². The summed E-state index contributed by atoms with van der Waals surface area (Å²) in [7, 11) is 0. The molecule has 0 spiro atoms. The number of nitrogens with zero attached hydrogens (tertiary/aromatic N) is 2. The number of nitrogens with one attached hydrogen (secondary N) is 1. The minimum Gasteiger partial charge on any atom is -0.490 e. The fourth-order valence-electron chi connectivity index (χ4n) is 3.18. The molecular weight excluding hydrogens is 755 g/mol. The van der Waals surface area contributed by atoms with Crippen LogP contribution in [0.4, 0.5) is 39.5 Å². The molecule has 21 heteroatoms. The molecule has 0 amide bonds. The molecular formula is C28H24BrF9N4O7. The van der Waals surface area contributed by atoms with Gasteiger partial charge in [-0.2, -0.15) is 44.6 Å². The SMILES string of the molecule is Cc1[nH]nc2ccc(-c3cncc(OC[C@@H](N)Cc4ccccc4Br)c3)cc12.O=C(O)C(F)(F)F.O=C(O)C(F)(F)F.O=C(O)C(F)(F)F. The summed E-state index contributed by atoms with van der Waals surface area (Å²) in [5, 5.41) is 29.8. The van der Waals surface area contributed by atoms with Gasteiger partial charge in [-0.3, -0.25) is 10.1 Å². The summed E-state index contributed by atoms with van der Waals surface area (Å²) in [5.74, 6) is -7.56. The Bertz CT molecular complexity index is 1660. The van der Waals surface area contributed by atoms with Crippen molar-refractivity contribution in [3.05, 3.63) is 76.7 Å². The van der Waals surface area contributed by atoms with Crippen LogP contribution in [0.2, 0.25) is 0 Å². The van der Waals surface area contributed by atoms with Crippen LogP contribution in [0.1, 0.15) is 11.3 Å². The molecule has 0 fully saturated rings. The highest BCUT2D eigenvalue weighted by molar-refractivity contribution is 9.10. The second kappa shape index (κ2) is 18.0. The van der Waals surface area contributed by atoms with Crippen LogP contribution in [-0.2, 0) is 20.8 Å². The smallest absolute Gasteiger partial charge is 0.490 e. The molecule has 4 rings (SSSR count). The fraction of sp³-hybridized carbons (Fsp3) is 0.250. The maximum Gasteiger partial charge on any atom is 0.490 e. The first kappa shape index (κ1) is 42.1. The minimum atomic E-state index is -5.08. The molecule has 0 saturated heterocycles. The normalized spacial score (nSPS) is 11.8. The summed E-state index contributed by atoms with van der Waals surface area (Å²) in [5.41, 5.74) is 11.5. The van der Waals surface area contributed by atoms with Gasteiger partial charge >= 0.3 is 36.4 Å². The molecule has 49 heavy (non-hydrogen) atoms. The van der Waals surface area contributed by atoms with Crippen molar-refractivity contribution in [2.24, 2.45) is 5.73 Å². The van der Waals surface area contributed by atoms with Gasteiger partial charge in [0.05, 0.1) is 11.7 Å². The van der Waals surface area contributed by atoms with Crippen molar-refractivity contribution in [1.29, 1.82) is 0 Å². The number of aromatic amines is 1. The van der Waals surface area contributed by atoms with E-state index in [0.29, 0.717) is 12.4 Å². The number of alkyl halides is 9. The molecule has 4 aromatic rings. The number of rotatable bonds is 6. The van der Waals surface area contributed by atoms with Gasteiger partial charge in [0.15, 0.2) is 0 Å². The summed E-state index contributed by atoms with van der Waals surface area (Å²) in [4.78, 5) is 31.0. The lowest BCUT2D eigenvalue weighted by molar-refractivity contribution is -0.193. The predicted octanol–water partition coefficient (Wildman–Crippen LogP) is 6.54. The van der Waals surface area contributed by atoms with Gasteiger partial charge in [0.2, 0.25) is 0 Å². The molecule has 0 aliphatic carbocycles. The Balaban J connectivity index is 0.000000467. The zero-order valence-corrected chi connectivity index (χ0v) is 26.1. The Kier molecular flexibility index (Phi) is 15.5. The van der Waals surface area contributed by atoms with Gasteiger partial charge in [-0.15, -0.1) is 0 Å². The second-order valence-corrected chi connectivity index (χ2v) is 10.1. The first-order valence-electron chi connectivity index (χ1n) is 12.9. The first-order chi connectivity index (χ1) is 22.4. The molecule has 0 saturated carbocycles. The predicted molar refractivity (Wildman–Crippen MR) is 156 cm³/mol. The Morgan fingerprint density at radius 3 is 1.84 bits per heavy atom. The number of carboxylic acids is 3. The van der Waals surface area contributed by atoms with Gasteiger partial charge in [0.1, 0.15) is 12.4 Å². The number of halogens is 10. The number of hydrogen-bond acceptors (Lipinski definition) is 7. The lowest BCUT2D eigenvalue weighted by atomic mass is 10.0.